The Hall–Kier alpha value is -2.24. The highest BCUT2D eigenvalue weighted by atomic mass is 16.6. The van der Waals surface area contributed by atoms with Crippen LogP contribution in [-0.4, -0.2) is 31.2 Å². The monoisotopic (exact) mass is 349 g/mol. The van der Waals surface area contributed by atoms with E-state index in [1.807, 2.05) is 45.0 Å². The molecule has 1 rings (SSSR count). The van der Waals surface area contributed by atoms with Crippen molar-refractivity contribution in [2.24, 2.45) is 10.7 Å². The predicted octanol–water partition coefficient (Wildman–Crippen LogP) is 3.71. The lowest BCUT2D eigenvalue weighted by Crippen LogP contribution is -2.23. The van der Waals surface area contributed by atoms with E-state index < -0.39 is 5.60 Å². The summed E-state index contributed by atoms with van der Waals surface area (Å²) in [7, 11) is 1.62. The topological polar surface area (TPSA) is 85.9 Å². The number of aliphatic imine (C=N–C) groups is 1. The van der Waals surface area contributed by atoms with Crippen LogP contribution in [0.5, 0.6) is 5.75 Å². The molecule has 0 radical (unpaired) electrons. The van der Waals surface area contributed by atoms with E-state index in [-0.39, 0.29) is 5.97 Å². The second kappa shape index (κ2) is 10.6. The first kappa shape index (κ1) is 20.8. The number of carbonyl (C=O) groups is 1. The minimum Gasteiger partial charge on any atom is -0.497 e. The molecule has 0 saturated heterocycles. The van der Waals surface area contributed by atoms with Gasteiger partial charge in [0.05, 0.1) is 7.11 Å². The van der Waals surface area contributed by atoms with Crippen molar-refractivity contribution in [1.29, 1.82) is 0 Å². The standard InChI is InChI=1S/C19H31N3O3/c1-19(2,3)25-17(23)12-7-5-6-8-13-21-18(20)22-15-10-9-11-16(14-15)24-4/h9-11,14H,5-8,12-13H2,1-4H3,(H3,20,21,22). The molecule has 140 valence electrons. The van der Waals surface area contributed by atoms with Crippen molar-refractivity contribution >= 4 is 17.6 Å². The summed E-state index contributed by atoms with van der Waals surface area (Å²) in [6.45, 7) is 6.31. The third kappa shape index (κ3) is 10.3. The van der Waals surface area contributed by atoms with Gasteiger partial charge in [-0.2, -0.15) is 0 Å². The van der Waals surface area contributed by atoms with Crippen LogP contribution in [0.3, 0.4) is 0 Å². The summed E-state index contributed by atoms with van der Waals surface area (Å²) in [5, 5.41) is 3.04. The van der Waals surface area contributed by atoms with Crippen LogP contribution in [-0.2, 0) is 9.53 Å². The van der Waals surface area contributed by atoms with E-state index in [2.05, 4.69) is 10.3 Å². The van der Waals surface area contributed by atoms with Crippen molar-refractivity contribution < 1.29 is 14.3 Å². The van der Waals surface area contributed by atoms with Gasteiger partial charge in [0.15, 0.2) is 5.96 Å². The number of ether oxygens (including phenoxy) is 2. The lowest BCUT2D eigenvalue weighted by Gasteiger charge is -2.19. The van der Waals surface area contributed by atoms with Gasteiger partial charge in [-0.05, 0) is 45.7 Å². The number of hydrogen-bond acceptors (Lipinski definition) is 4. The summed E-state index contributed by atoms with van der Waals surface area (Å²) in [5.41, 5.74) is 6.32. The second-order valence-electron chi connectivity index (χ2n) is 6.87. The highest BCUT2D eigenvalue weighted by Crippen LogP contribution is 2.16. The molecule has 0 aromatic heterocycles. The van der Waals surface area contributed by atoms with E-state index in [1.165, 1.54) is 0 Å². The Labute approximate surface area is 150 Å². The summed E-state index contributed by atoms with van der Waals surface area (Å²) in [4.78, 5) is 15.9. The number of anilines is 1. The lowest BCUT2D eigenvalue weighted by atomic mass is 10.1. The summed E-state index contributed by atoms with van der Waals surface area (Å²) < 4.78 is 10.4. The maximum atomic E-state index is 11.6. The molecule has 3 N–H and O–H groups in total. The molecule has 0 spiro atoms. The van der Waals surface area contributed by atoms with Crippen LogP contribution in [0, 0.1) is 0 Å². The number of nitrogens with two attached hydrogens (primary N) is 1. The average Bonchev–Trinajstić information content (AvgIpc) is 2.52. The predicted molar refractivity (Wildman–Crippen MR) is 102 cm³/mol. The largest absolute Gasteiger partial charge is 0.497 e. The Balaban J connectivity index is 2.15. The Morgan fingerprint density at radius 2 is 1.92 bits per heavy atom. The van der Waals surface area contributed by atoms with Crippen molar-refractivity contribution in [1.82, 2.24) is 0 Å². The van der Waals surface area contributed by atoms with Gasteiger partial charge in [-0.15, -0.1) is 0 Å². The van der Waals surface area contributed by atoms with Crippen LogP contribution in [0.1, 0.15) is 52.9 Å². The first-order valence-corrected chi connectivity index (χ1v) is 8.73. The summed E-state index contributed by atoms with van der Waals surface area (Å²) in [6, 6.07) is 7.52. The minimum absolute atomic E-state index is 0.128. The molecule has 0 amide bonds. The van der Waals surface area contributed by atoms with Crippen LogP contribution in [0.15, 0.2) is 29.3 Å². The van der Waals surface area contributed by atoms with Gasteiger partial charge in [-0.1, -0.05) is 18.9 Å². The first-order valence-electron chi connectivity index (χ1n) is 8.73. The third-order valence-corrected chi connectivity index (χ3v) is 3.33. The van der Waals surface area contributed by atoms with Gasteiger partial charge in [-0.25, -0.2) is 0 Å². The smallest absolute Gasteiger partial charge is 0.306 e. The van der Waals surface area contributed by atoms with E-state index in [0.29, 0.717) is 18.9 Å². The van der Waals surface area contributed by atoms with Crippen LogP contribution in [0.2, 0.25) is 0 Å². The number of hydrogen-bond donors (Lipinski definition) is 2. The number of nitrogens with zero attached hydrogens (tertiary/aromatic N) is 1. The molecule has 0 atom stereocenters. The maximum Gasteiger partial charge on any atom is 0.306 e. The number of guanidine groups is 1. The van der Waals surface area contributed by atoms with Crippen LogP contribution in [0.25, 0.3) is 0 Å². The molecule has 6 nitrogen and oxygen atoms in total. The molecular formula is C19H31N3O3. The minimum atomic E-state index is -0.404. The van der Waals surface area contributed by atoms with Gasteiger partial charge in [0, 0.05) is 24.7 Å². The number of rotatable bonds is 9. The molecule has 0 unspecified atom stereocenters. The Kier molecular flexibility index (Phi) is 8.81. The lowest BCUT2D eigenvalue weighted by molar-refractivity contribution is -0.154. The van der Waals surface area contributed by atoms with Crippen molar-refractivity contribution in [3.05, 3.63) is 24.3 Å². The number of methoxy groups -OCH3 is 1. The molecule has 0 saturated carbocycles. The molecule has 0 aliphatic heterocycles. The zero-order valence-electron chi connectivity index (χ0n) is 15.8. The molecular weight excluding hydrogens is 318 g/mol. The van der Waals surface area contributed by atoms with Crippen molar-refractivity contribution in [2.45, 2.75) is 58.5 Å². The highest BCUT2D eigenvalue weighted by Gasteiger charge is 2.15. The molecule has 0 fully saturated rings. The van der Waals surface area contributed by atoms with Gasteiger partial charge in [-0.3, -0.25) is 9.79 Å². The summed E-state index contributed by atoms with van der Waals surface area (Å²) >= 11 is 0. The van der Waals surface area contributed by atoms with E-state index >= 15 is 0 Å². The van der Waals surface area contributed by atoms with Gasteiger partial charge >= 0.3 is 5.97 Å². The number of carbonyl (C=O) groups excluding carboxylic acids is 1. The van der Waals surface area contributed by atoms with E-state index in [4.69, 9.17) is 15.2 Å². The zero-order valence-corrected chi connectivity index (χ0v) is 15.8. The Bertz CT molecular complexity index is 565. The van der Waals surface area contributed by atoms with Crippen molar-refractivity contribution in [3.8, 4) is 5.75 Å². The van der Waals surface area contributed by atoms with Gasteiger partial charge in [0.1, 0.15) is 11.4 Å². The van der Waals surface area contributed by atoms with Gasteiger partial charge in [0.2, 0.25) is 0 Å². The van der Waals surface area contributed by atoms with Crippen LogP contribution in [0.4, 0.5) is 5.69 Å². The van der Waals surface area contributed by atoms with Crippen molar-refractivity contribution in [3.63, 3.8) is 0 Å². The SMILES string of the molecule is COc1cccc(NC(N)=NCCCCCCC(=O)OC(C)(C)C)c1. The number of nitrogens with one attached hydrogen (secondary N) is 1. The van der Waals surface area contributed by atoms with Gasteiger partial charge < -0.3 is 20.5 Å². The van der Waals surface area contributed by atoms with Crippen molar-refractivity contribution in [2.75, 3.05) is 19.0 Å². The molecule has 0 aliphatic carbocycles. The fraction of sp³-hybridized carbons (Fsp3) is 0.579. The fourth-order valence-corrected chi connectivity index (χ4v) is 2.21. The average molecular weight is 349 g/mol. The molecule has 6 heteroatoms. The number of benzene rings is 1. The molecule has 0 heterocycles. The van der Waals surface area contributed by atoms with E-state index in [0.717, 1.165) is 37.1 Å². The quantitative estimate of drug-likeness (QED) is 0.307. The van der Waals surface area contributed by atoms with Crippen LogP contribution < -0.4 is 15.8 Å². The Morgan fingerprint density at radius 3 is 2.60 bits per heavy atom. The van der Waals surface area contributed by atoms with Gasteiger partial charge in [0.25, 0.3) is 0 Å². The Morgan fingerprint density at radius 1 is 1.20 bits per heavy atom. The van der Waals surface area contributed by atoms with E-state index in [1.54, 1.807) is 7.11 Å². The number of esters is 1. The zero-order chi connectivity index (χ0) is 18.7. The maximum absolute atomic E-state index is 11.6. The van der Waals surface area contributed by atoms with E-state index in [9.17, 15) is 4.79 Å². The summed E-state index contributed by atoms with van der Waals surface area (Å²) in [5.74, 6) is 1.03. The normalized spacial score (nSPS) is 11.9. The molecule has 0 bridgehead atoms. The summed E-state index contributed by atoms with van der Waals surface area (Å²) in [6.07, 6.45) is 4.25. The highest BCUT2D eigenvalue weighted by molar-refractivity contribution is 5.92. The number of unbranched alkanes of at least 4 members (excludes halogenated alkanes) is 3. The fourth-order valence-electron chi connectivity index (χ4n) is 2.21. The third-order valence-electron chi connectivity index (χ3n) is 3.33. The first-order chi connectivity index (χ1) is 11.8. The molecule has 25 heavy (non-hydrogen) atoms. The molecule has 1 aromatic carbocycles. The molecule has 1 aromatic rings. The van der Waals surface area contributed by atoms with Crippen LogP contribution >= 0.6 is 0 Å². The molecule has 0 aliphatic rings. The second-order valence-corrected chi connectivity index (χ2v) is 6.87.